The van der Waals surface area contributed by atoms with Crippen molar-refractivity contribution in [1.29, 1.82) is 0 Å². The summed E-state index contributed by atoms with van der Waals surface area (Å²) in [6.07, 6.45) is 4.29. The highest BCUT2D eigenvalue weighted by atomic mass is 32.2. The van der Waals surface area contributed by atoms with E-state index in [9.17, 15) is 13.2 Å². The van der Waals surface area contributed by atoms with E-state index in [-0.39, 0.29) is 16.0 Å². The van der Waals surface area contributed by atoms with Gasteiger partial charge in [-0.25, -0.2) is 8.42 Å². The first-order valence-corrected chi connectivity index (χ1v) is 10.9. The molecule has 3 aromatic rings. The molecule has 136 valence electrons. The molecule has 0 unspecified atom stereocenters. The maximum atomic E-state index is 13.0. The molecule has 1 saturated heterocycles. The Labute approximate surface area is 154 Å². The van der Waals surface area contributed by atoms with Gasteiger partial charge < -0.3 is 9.32 Å². The predicted molar refractivity (Wildman–Crippen MR) is 97.1 cm³/mol. The number of carbonyl (C=O) groups excluding carboxylic acids is 1. The number of furan rings is 1. The van der Waals surface area contributed by atoms with Crippen LogP contribution in [0, 0.1) is 0 Å². The van der Waals surface area contributed by atoms with Gasteiger partial charge in [0.25, 0.3) is 5.91 Å². The molecule has 1 fully saturated rings. The summed E-state index contributed by atoms with van der Waals surface area (Å²) in [5.74, 6) is -0.00150. The van der Waals surface area contributed by atoms with E-state index in [0.717, 1.165) is 41.4 Å². The Bertz CT molecular complexity index is 1070. The summed E-state index contributed by atoms with van der Waals surface area (Å²) in [7, 11) is -3.38. The number of aromatic nitrogens is 2. The summed E-state index contributed by atoms with van der Waals surface area (Å²) in [4.78, 5) is 14.7. The first-order valence-electron chi connectivity index (χ1n) is 8.23. The summed E-state index contributed by atoms with van der Waals surface area (Å²) in [6.45, 7) is 1.01. The van der Waals surface area contributed by atoms with E-state index in [1.54, 1.807) is 11.2 Å². The van der Waals surface area contributed by atoms with Crippen molar-refractivity contribution in [2.75, 3.05) is 19.3 Å². The molecule has 7 nitrogen and oxygen atoms in total. The normalized spacial score (nSPS) is 18.3. The molecule has 3 heterocycles. The first-order chi connectivity index (χ1) is 12.4. The largest absolute Gasteiger partial charge is 0.458 e. The van der Waals surface area contributed by atoms with Gasteiger partial charge in [0.15, 0.2) is 19.8 Å². The van der Waals surface area contributed by atoms with Gasteiger partial charge in [-0.05, 0) is 12.8 Å². The lowest BCUT2D eigenvalue weighted by molar-refractivity contribution is 0.0675. The van der Waals surface area contributed by atoms with E-state index in [2.05, 4.69) is 9.59 Å². The number of piperidine rings is 1. The van der Waals surface area contributed by atoms with Crippen LogP contribution >= 0.6 is 11.5 Å². The van der Waals surface area contributed by atoms with E-state index in [1.807, 2.05) is 24.3 Å². The van der Waals surface area contributed by atoms with Crippen LogP contribution in [0.4, 0.5) is 0 Å². The van der Waals surface area contributed by atoms with Gasteiger partial charge in [0.05, 0.1) is 12.0 Å². The number of amides is 1. The zero-order valence-corrected chi connectivity index (χ0v) is 15.7. The second-order valence-electron chi connectivity index (χ2n) is 6.46. The van der Waals surface area contributed by atoms with E-state index in [4.69, 9.17) is 4.42 Å². The van der Waals surface area contributed by atoms with Crippen LogP contribution in [0.2, 0.25) is 0 Å². The maximum absolute atomic E-state index is 13.0. The molecule has 0 radical (unpaired) electrons. The molecular formula is C17H17N3O4S2. The molecule has 2 aromatic heterocycles. The zero-order chi connectivity index (χ0) is 18.3. The van der Waals surface area contributed by atoms with Crippen LogP contribution in [0.5, 0.6) is 0 Å². The molecule has 1 amide bonds. The minimum atomic E-state index is -3.38. The van der Waals surface area contributed by atoms with Crippen LogP contribution in [0.3, 0.4) is 0 Å². The van der Waals surface area contributed by atoms with Gasteiger partial charge in [0.1, 0.15) is 0 Å². The lowest BCUT2D eigenvalue weighted by atomic mass is 9.95. The Hall–Kier alpha value is -2.26. The van der Waals surface area contributed by atoms with Crippen LogP contribution in [-0.4, -0.2) is 48.2 Å². The van der Waals surface area contributed by atoms with Crippen LogP contribution < -0.4 is 0 Å². The fourth-order valence-electron chi connectivity index (χ4n) is 3.38. The Morgan fingerprint density at radius 2 is 2.15 bits per heavy atom. The van der Waals surface area contributed by atoms with E-state index < -0.39 is 9.84 Å². The van der Waals surface area contributed by atoms with Gasteiger partial charge in [-0.3, -0.25) is 4.79 Å². The molecule has 9 heteroatoms. The number of fused-ring (bicyclic) bond motifs is 1. The van der Waals surface area contributed by atoms with Crippen LogP contribution in [0.25, 0.3) is 10.8 Å². The summed E-state index contributed by atoms with van der Waals surface area (Å²) in [5, 5.41) is 5.71. The van der Waals surface area contributed by atoms with Crippen LogP contribution in [-0.2, 0) is 9.84 Å². The van der Waals surface area contributed by atoms with Crippen LogP contribution in [0.15, 0.2) is 39.2 Å². The Kier molecular flexibility index (Phi) is 4.28. The average molecular weight is 391 g/mol. The van der Waals surface area contributed by atoms with Crippen molar-refractivity contribution in [2.45, 2.75) is 23.0 Å². The zero-order valence-electron chi connectivity index (χ0n) is 14.1. The van der Waals surface area contributed by atoms with Gasteiger partial charge in [0, 0.05) is 47.6 Å². The highest BCUT2D eigenvalue weighted by Crippen LogP contribution is 2.33. The lowest BCUT2D eigenvalue weighted by Gasteiger charge is -2.31. The lowest BCUT2D eigenvalue weighted by Crippen LogP contribution is -2.39. The molecule has 1 aliphatic rings. The smallest absolute Gasteiger partial charge is 0.290 e. The summed E-state index contributed by atoms with van der Waals surface area (Å²) in [5.41, 5.74) is 0.472. The second kappa shape index (κ2) is 6.48. The van der Waals surface area contributed by atoms with Crippen molar-refractivity contribution >= 4 is 38.0 Å². The Morgan fingerprint density at radius 1 is 1.35 bits per heavy atom. The third-order valence-corrected chi connectivity index (χ3v) is 7.17. The molecule has 0 saturated carbocycles. The molecule has 1 aliphatic heterocycles. The minimum absolute atomic E-state index is 0.141. The van der Waals surface area contributed by atoms with Crippen molar-refractivity contribution in [1.82, 2.24) is 14.5 Å². The topological polar surface area (TPSA) is 93.4 Å². The van der Waals surface area contributed by atoms with Crippen LogP contribution in [0.1, 0.15) is 35.0 Å². The fraction of sp³-hybridized carbons (Fsp3) is 0.353. The number of hydrogen-bond donors (Lipinski definition) is 0. The molecule has 1 atom stereocenters. The molecule has 0 N–H and O–H groups in total. The maximum Gasteiger partial charge on any atom is 0.290 e. The number of hydrogen-bond acceptors (Lipinski definition) is 7. The third kappa shape index (κ3) is 3.01. The summed E-state index contributed by atoms with van der Waals surface area (Å²) < 4.78 is 33.4. The molecule has 1 aromatic carbocycles. The van der Waals surface area contributed by atoms with Crippen molar-refractivity contribution in [3.63, 3.8) is 0 Å². The molecule has 0 aliphatic carbocycles. The summed E-state index contributed by atoms with van der Waals surface area (Å²) in [6, 6.07) is 7.52. The molecule has 0 bridgehead atoms. The van der Waals surface area contributed by atoms with Crippen molar-refractivity contribution < 1.29 is 17.6 Å². The monoisotopic (exact) mass is 391 g/mol. The minimum Gasteiger partial charge on any atom is -0.458 e. The quantitative estimate of drug-likeness (QED) is 0.681. The molecular weight excluding hydrogens is 374 g/mol. The number of carbonyl (C=O) groups is 1. The number of sulfone groups is 1. The number of likely N-dealkylation sites (tertiary alicyclic amines) is 1. The average Bonchev–Trinajstić information content (AvgIpc) is 3.28. The summed E-state index contributed by atoms with van der Waals surface area (Å²) >= 11 is 0.888. The van der Waals surface area contributed by atoms with Gasteiger partial charge in [-0.1, -0.05) is 28.8 Å². The molecule has 0 spiro atoms. The van der Waals surface area contributed by atoms with Gasteiger partial charge in [0.2, 0.25) is 0 Å². The number of benzene rings is 1. The van der Waals surface area contributed by atoms with Crippen molar-refractivity contribution in [2.24, 2.45) is 0 Å². The second-order valence-corrected chi connectivity index (χ2v) is 9.43. The van der Waals surface area contributed by atoms with Gasteiger partial charge >= 0.3 is 0 Å². The highest BCUT2D eigenvalue weighted by Gasteiger charge is 2.32. The van der Waals surface area contributed by atoms with E-state index >= 15 is 0 Å². The van der Waals surface area contributed by atoms with E-state index in [0.29, 0.717) is 24.5 Å². The van der Waals surface area contributed by atoms with Crippen molar-refractivity contribution in [3.8, 4) is 0 Å². The standard InChI is InChI=1S/C17H17N3O4S2/c1-26(22,23)17-14(18-19-25-17)11-6-4-8-20(9-11)16(21)15-13-7-3-2-5-12(13)10-24-15/h2-3,5,7,10-11H,4,6,8-9H2,1H3/t11-/m0/s1. The highest BCUT2D eigenvalue weighted by molar-refractivity contribution is 7.92. The molecule has 4 rings (SSSR count). The Balaban J connectivity index is 1.61. The fourth-order valence-corrected chi connectivity index (χ4v) is 5.11. The number of rotatable bonds is 3. The first kappa shape index (κ1) is 17.2. The van der Waals surface area contributed by atoms with Crippen molar-refractivity contribution in [3.05, 3.63) is 42.0 Å². The third-order valence-electron chi connectivity index (χ3n) is 4.62. The predicted octanol–water partition coefficient (Wildman–Crippen LogP) is 2.71. The van der Waals surface area contributed by atoms with E-state index in [1.165, 1.54) is 0 Å². The molecule has 26 heavy (non-hydrogen) atoms. The number of nitrogens with zero attached hydrogens (tertiary/aromatic N) is 3. The van der Waals surface area contributed by atoms with Gasteiger partial charge in [-0.2, -0.15) is 0 Å². The van der Waals surface area contributed by atoms with Gasteiger partial charge in [-0.15, -0.1) is 5.10 Å². The SMILES string of the molecule is CS(=O)(=O)c1snnc1[C@H]1CCCN(C(=O)c2occ3ccccc23)C1. The Morgan fingerprint density at radius 3 is 2.96 bits per heavy atom.